The minimum atomic E-state index is -0.0229. The average Bonchev–Trinajstić information content (AvgIpc) is 3.00. The third kappa shape index (κ3) is 4.91. The fourth-order valence-electron chi connectivity index (χ4n) is 2.75. The maximum atomic E-state index is 11.1. The second-order valence-corrected chi connectivity index (χ2v) is 6.72. The average molecular weight is 331 g/mol. The van der Waals surface area contributed by atoms with Crippen LogP contribution in [0.15, 0.2) is 34.5 Å². The van der Waals surface area contributed by atoms with Gasteiger partial charge in [0.25, 0.3) is 0 Å². The maximum absolute atomic E-state index is 11.1. The van der Waals surface area contributed by atoms with Gasteiger partial charge >= 0.3 is 0 Å². The van der Waals surface area contributed by atoms with Gasteiger partial charge in [0.15, 0.2) is 5.17 Å². The van der Waals surface area contributed by atoms with Crippen molar-refractivity contribution in [2.45, 2.75) is 44.8 Å². The summed E-state index contributed by atoms with van der Waals surface area (Å²) >= 11 is 1.37. The van der Waals surface area contributed by atoms with E-state index in [1.807, 2.05) is 18.2 Å². The number of ether oxygens (including phenoxy) is 1. The summed E-state index contributed by atoms with van der Waals surface area (Å²) in [5.41, 5.74) is 2.12. The monoisotopic (exact) mass is 331 g/mol. The molecule has 0 aromatic heterocycles. The van der Waals surface area contributed by atoms with Crippen molar-refractivity contribution in [3.05, 3.63) is 35.4 Å². The Morgan fingerprint density at radius 3 is 2.87 bits per heavy atom. The molecule has 0 unspecified atom stereocenters. The predicted molar refractivity (Wildman–Crippen MR) is 93.7 cm³/mol. The molecule has 122 valence electrons. The zero-order valence-electron chi connectivity index (χ0n) is 13.0. The first-order valence-corrected chi connectivity index (χ1v) is 9.03. The number of carbonyl (C=O) groups is 1. The van der Waals surface area contributed by atoms with Crippen LogP contribution >= 0.6 is 11.8 Å². The number of carbonyl (C=O) groups excluding carboxylic acids is 1. The second-order valence-electron chi connectivity index (χ2n) is 5.76. The molecule has 3 rings (SSSR count). The van der Waals surface area contributed by atoms with Crippen molar-refractivity contribution >= 4 is 29.1 Å². The normalized spacial score (nSPS) is 21.2. The van der Waals surface area contributed by atoms with E-state index in [4.69, 9.17) is 4.74 Å². The highest BCUT2D eigenvalue weighted by Crippen LogP contribution is 2.22. The first-order valence-electron chi connectivity index (χ1n) is 8.04. The van der Waals surface area contributed by atoms with Gasteiger partial charge in [0.1, 0.15) is 0 Å². The fraction of sp³-hybridized carbons (Fsp3) is 0.471. The molecule has 0 bridgehead atoms. The number of amides is 1. The molecular formula is C17H21N3O2S. The zero-order valence-corrected chi connectivity index (χ0v) is 13.8. The Bertz CT molecular complexity index is 610. The molecule has 5 nitrogen and oxygen atoms in total. The fourth-order valence-corrected chi connectivity index (χ4v) is 3.38. The molecule has 0 radical (unpaired) electrons. The maximum Gasteiger partial charge on any atom is 0.236 e. The van der Waals surface area contributed by atoms with Gasteiger partial charge in [0, 0.05) is 5.56 Å². The molecule has 1 heterocycles. The highest BCUT2D eigenvalue weighted by atomic mass is 32.2. The van der Waals surface area contributed by atoms with Gasteiger partial charge in [-0.25, -0.2) is 0 Å². The van der Waals surface area contributed by atoms with Crippen LogP contribution in [-0.4, -0.2) is 29.1 Å². The van der Waals surface area contributed by atoms with Gasteiger partial charge in [-0.2, -0.15) is 5.10 Å². The van der Waals surface area contributed by atoms with Crippen LogP contribution in [0.3, 0.4) is 0 Å². The molecule has 1 saturated heterocycles. The summed E-state index contributed by atoms with van der Waals surface area (Å²) in [6.07, 6.45) is 8.32. The van der Waals surface area contributed by atoms with Crippen LogP contribution < -0.4 is 5.32 Å². The van der Waals surface area contributed by atoms with Gasteiger partial charge in [-0.05, 0) is 18.4 Å². The Morgan fingerprint density at radius 2 is 2.09 bits per heavy atom. The van der Waals surface area contributed by atoms with Crippen molar-refractivity contribution in [2.24, 2.45) is 10.2 Å². The first-order chi connectivity index (χ1) is 11.3. The van der Waals surface area contributed by atoms with Crippen molar-refractivity contribution in [3.63, 3.8) is 0 Å². The first kappa shape index (κ1) is 16.2. The number of nitrogens with one attached hydrogen (secondary N) is 1. The van der Waals surface area contributed by atoms with E-state index < -0.39 is 0 Å². The molecule has 2 fully saturated rings. The largest absolute Gasteiger partial charge is 0.374 e. The Balaban J connectivity index is 1.59. The predicted octanol–water partition coefficient (Wildman–Crippen LogP) is 3.09. The number of hydrogen-bond acceptors (Lipinski definition) is 5. The number of thioether (sulfide) groups is 1. The SMILES string of the molecule is O=C1CSC(=NN=Cc2ccccc2COC2CCCCC2)N1. The lowest BCUT2D eigenvalue weighted by atomic mass is 9.98. The van der Waals surface area contributed by atoms with Crippen molar-refractivity contribution in [3.8, 4) is 0 Å². The molecule has 1 aromatic carbocycles. The van der Waals surface area contributed by atoms with E-state index in [9.17, 15) is 4.79 Å². The Hall–Kier alpha value is -1.66. The summed E-state index contributed by atoms with van der Waals surface area (Å²) in [5, 5.41) is 11.3. The van der Waals surface area contributed by atoms with E-state index in [2.05, 4.69) is 21.6 Å². The van der Waals surface area contributed by atoms with Gasteiger partial charge in [-0.15, -0.1) is 5.10 Å². The van der Waals surface area contributed by atoms with Gasteiger partial charge in [-0.3, -0.25) is 4.79 Å². The lowest BCUT2D eigenvalue weighted by molar-refractivity contribution is -0.116. The number of rotatable bonds is 5. The molecule has 23 heavy (non-hydrogen) atoms. The van der Waals surface area contributed by atoms with Crippen LogP contribution in [-0.2, 0) is 16.1 Å². The molecule has 2 aliphatic rings. The van der Waals surface area contributed by atoms with Crippen LogP contribution in [0.1, 0.15) is 43.2 Å². The number of nitrogens with zero attached hydrogens (tertiary/aromatic N) is 2. The van der Waals surface area contributed by atoms with Crippen LogP contribution in [0.4, 0.5) is 0 Å². The Morgan fingerprint density at radius 1 is 1.26 bits per heavy atom. The molecule has 1 N–H and O–H groups in total. The van der Waals surface area contributed by atoms with Gasteiger partial charge in [0.2, 0.25) is 5.91 Å². The summed E-state index contributed by atoms with van der Waals surface area (Å²) in [6.45, 7) is 0.606. The topological polar surface area (TPSA) is 63.0 Å². The molecular weight excluding hydrogens is 310 g/mol. The van der Waals surface area contributed by atoms with Crippen LogP contribution in [0, 0.1) is 0 Å². The van der Waals surface area contributed by atoms with E-state index in [-0.39, 0.29) is 5.91 Å². The van der Waals surface area contributed by atoms with Gasteiger partial charge in [-0.1, -0.05) is 55.3 Å². The molecule has 1 aromatic rings. The lowest BCUT2D eigenvalue weighted by Crippen LogP contribution is -2.19. The van der Waals surface area contributed by atoms with Gasteiger partial charge < -0.3 is 10.1 Å². The summed E-state index contributed by atoms with van der Waals surface area (Å²) in [6, 6.07) is 8.05. The molecule has 0 spiro atoms. The molecule has 1 aliphatic heterocycles. The summed E-state index contributed by atoms with van der Waals surface area (Å²) < 4.78 is 6.04. The molecule has 0 atom stereocenters. The van der Waals surface area contributed by atoms with Crippen LogP contribution in [0.25, 0.3) is 0 Å². The number of benzene rings is 1. The Kier molecular flexibility index (Phi) is 5.82. The number of amidine groups is 1. The minimum Gasteiger partial charge on any atom is -0.374 e. The summed E-state index contributed by atoms with van der Waals surface area (Å²) in [7, 11) is 0. The van der Waals surface area contributed by atoms with E-state index >= 15 is 0 Å². The van der Waals surface area contributed by atoms with E-state index in [1.54, 1.807) is 6.21 Å². The van der Waals surface area contributed by atoms with E-state index in [1.165, 1.54) is 43.9 Å². The highest BCUT2D eigenvalue weighted by Gasteiger charge is 2.16. The second kappa shape index (κ2) is 8.26. The lowest BCUT2D eigenvalue weighted by Gasteiger charge is -2.22. The summed E-state index contributed by atoms with van der Waals surface area (Å²) in [5.74, 6) is 0.394. The zero-order chi connectivity index (χ0) is 15.9. The van der Waals surface area contributed by atoms with Crippen molar-refractivity contribution < 1.29 is 9.53 Å². The smallest absolute Gasteiger partial charge is 0.236 e. The molecule has 1 aliphatic carbocycles. The van der Waals surface area contributed by atoms with Crippen LogP contribution in [0.2, 0.25) is 0 Å². The standard InChI is InChI=1S/C17H21N3O2S/c21-16-12-23-17(19-16)20-18-10-13-6-4-5-7-14(13)11-22-15-8-2-1-3-9-15/h4-7,10,15H,1-3,8-9,11-12H2,(H,19,20,21). The summed E-state index contributed by atoms with van der Waals surface area (Å²) in [4.78, 5) is 11.1. The number of hydrogen-bond donors (Lipinski definition) is 1. The third-order valence-corrected chi connectivity index (χ3v) is 4.88. The third-order valence-electron chi connectivity index (χ3n) is 4.01. The van der Waals surface area contributed by atoms with Crippen molar-refractivity contribution in [2.75, 3.05) is 5.75 Å². The van der Waals surface area contributed by atoms with Crippen molar-refractivity contribution in [1.29, 1.82) is 0 Å². The highest BCUT2D eigenvalue weighted by molar-refractivity contribution is 8.15. The molecule has 1 saturated carbocycles. The Labute approximate surface area is 140 Å². The van der Waals surface area contributed by atoms with Crippen LogP contribution in [0.5, 0.6) is 0 Å². The minimum absolute atomic E-state index is 0.0229. The van der Waals surface area contributed by atoms with Crippen molar-refractivity contribution in [1.82, 2.24) is 5.32 Å². The quantitative estimate of drug-likeness (QED) is 0.666. The molecule has 1 amide bonds. The van der Waals surface area contributed by atoms with E-state index in [0.717, 1.165) is 11.1 Å². The van der Waals surface area contributed by atoms with E-state index in [0.29, 0.717) is 23.6 Å². The molecule has 6 heteroatoms. The van der Waals surface area contributed by atoms with Gasteiger partial charge in [0.05, 0.1) is 24.7 Å².